The van der Waals surface area contributed by atoms with Gasteiger partial charge < -0.3 is 15.4 Å². The standard InChI is InChI=1S/C15H19N3O2S/c1-4-7-16-14(19)12-9-21-15(18-12)17-11-8-10(2)5-6-13(11)20-3/h5-6,8-9H,4,7H2,1-3H3,(H,16,19)(H,17,18). The van der Waals surface area contributed by atoms with E-state index in [1.807, 2.05) is 32.0 Å². The van der Waals surface area contributed by atoms with Crippen LogP contribution in [0.1, 0.15) is 29.4 Å². The summed E-state index contributed by atoms with van der Waals surface area (Å²) in [6.45, 7) is 4.68. The van der Waals surface area contributed by atoms with Crippen LogP contribution < -0.4 is 15.4 Å². The minimum Gasteiger partial charge on any atom is -0.495 e. The van der Waals surface area contributed by atoms with Gasteiger partial charge in [0.25, 0.3) is 5.91 Å². The normalized spacial score (nSPS) is 10.2. The number of nitrogens with one attached hydrogen (secondary N) is 2. The second-order valence-electron chi connectivity index (χ2n) is 4.62. The van der Waals surface area contributed by atoms with Crippen molar-refractivity contribution < 1.29 is 9.53 Å². The molecule has 1 heterocycles. The predicted octanol–water partition coefficient (Wildman–Crippen LogP) is 3.34. The van der Waals surface area contributed by atoms with Gasteiger partial charge in [-0.15, -0.1) is 11.3 Å². The molecule has 0 radical (unpaired) electrons. The second kappa shape index (κ2) is 7.08. The minimum atomic E-state index is -0.141. The Kier molecular flexibility index (Phi) is 5.16. The Morgan fingerprint density at radius 3 is 2.95 bits per heavy atom. The van der Waals surface area contributed by atoms with Crippen molar-refractivity contribution in [3.63, 3.8) is 0 Å². The summed E-state index contributed by atoms with van der Waals surface area (Å²) in [6, 6.07) is 5.87. The summed E-state index contributed by atoms with van der Waals surface area (Å²) in [4.78, 5) is 16.1. The first-order valence-corrected chi connectivity index (χ1v) is 7.67. The highest BCUT2D eigenvalue weighted by Crippen LogP contribution is 2.29. The molecule has 0 saturated carbocycles. The summed E-state index contributed by atoms with van der Waals surface area (Å²) < 4.78 is 5.31. The first kappa shape index (κ1) is 15.3. The molecule has 5 nitrogen and oxygen atoms in total. The van der Waals surface area contributed by atoms with Gasteiger partial charge in [0, 0.05) is 11.9 Å². The maximum absolute atomic E-state index is 11.8. The highest BCUT2D eigenvalue weighted by Gasteiger charge is 2.11. The maximum atomic E-state index is 11.8. The van der Waals surface area contributed by atoms with Gasteiger partial charge in [0.2, 0.25) is 0 Å². The Hall–Kier alpha value is -2.08. The number of methoxy groups -OCH3 is 1. The molecule has 2 aromatic rings. The average Bonchev–Trinajstić information content (AvgIpc) is 2.93. The van der Waals surface area contributed by atoms with Gasteiger partial charge in [0.1, 0.15) is 11.4 Å². The number of amides is 1. The Bertz CT molecular complexity index is 625. The molecule has 1 aromatic heterocycles. The van der Waals surface area contributed by atoms with Crippen LogP contribution in [0.5, 0.6) is 5.75 Å². The number of aromatic nitrogens is 1. The van der Waals surface area contributed by atoms with E-state index in [2.05, 4.69) is 15.6 Å². The van der Waals surface area contributed by atoms with Gasteiger partial charge in [-0.05, 0) is 31.0 Å². The Morgan fingerprint density at radius 1 is 1.43 bits per heavy atom. The van der Waals surface area contributed by atoms with Crippen molar-refractivity contribution in [2.24, 2.45) is 0 Å². The van der Waals surface area contributed by atoms with Crippen molar-refractivity contribution in [2.75, 3.05) is 19.0 Å². The number of carbonyl (C=O) groups excluding carboxylic acids is 1. The molecular formula is C15H19N3O2S. The summed E-state index contributed by atoms with van der Waals surface area (Å²) >= 11 is 1.39. The van der Waals surface area contributed by atoms with Crippen molar-refractivity contribution in [3.05, 3.63) is 34.8 Å². The van der Waals surface area contributed by atoms with Gasteiger partial charge in [-0.2, -0.15) is 0 Å². The van der Waals surface area contributed by atoms with Gasteiger partial charge in [0.15, 0.2) is 5.13 Å². The zero-order chi connectivity index (χ0) is 15.2. The molecule has 2 rings (SSSR count). The Morgan fingerprint density at radius 2 is 2.24 bits per heavy atom. The third kappa shape index (κ3) is 3.95. The smallest absolute Gasteiger partial charge is 0.270 e. The molecule has 1 amide bonds. The van der Waals surface area contributed by atoms with Crippen LogP contribution in [-0.2, 0) is 0 Å². The molecule has 0 aliphatic heterocycles. The van der Waals surface area contributed by atoms with Gasteiger partial charge >= 0.3 is 0 Å². The van der Waals surface area contributed by atoms with Crippen LogP contribution in [0.4, 0.5) is 10.8 Å². The molecule has 0 bridgehead atoms. The Balaban J connectivity index is 2.12. The van der Waals surface area contributed by atoms with Crippen LogP contribution >= 0.6 is 11.3 Å². The van der Waals surface area contributed by atoms with Crippen LogP contribution in [0, 0.1) is 6.92 Å². The van der Waals surface area contributed by atoms with Crippen molar-refractivity contribution >= 4 is 28.1 Å². The van der Waals surface area contributed by atoms with E-state index in [4.69, 9.17) is 4.74 Å². The number of benzene rings is 1. The second-order valence-corrected chi connectivity index (χ2v) is 5.48. The zero-order valence-corrected chi connectivity index (χ0v) is 13.2. The van der Waals surface area contributed by atoms with Gasteiger partial charge in [-0.1, -0.05) is 13.0 Å². The van der Waals surface area contributed by atoms with Crippen LogP contribution in [0.3, 0.4) is 0 Å². The van der Waals surface area contributed by atoms with E-state index < -0.39 is 0 Å². The lowest BCUT2D eigenvalue weighted by Crippen LogP contribution is -2.24. The fourth-order valence-electron chi connectivity index (χ4n) is 1.80. The van der Waals surface area contributed by atoms with Crippen molar-refractivity contribution in [2.45, 2.75) is 20.3 Å². The summed E-state index contributed by atoms with van der Waals surface area (Å²) in [5.41, 5.74) is 2.39. The number of nitrogens with zero attached hydrogens (tertiary/aromatic N) is 1. The molecule has 0 spiro atoms. The number of ether oxygens (including phenoxy) is 1. The van der Waals surface area contributed by atoms with E-state index >= 15 is 0 Å². The molecule has 0 unspecified atom stereocenters. The summed E-state index contributed by atoms with van der Waals surface area (Å²) in [7, 11) is 1.63. The lowest BCUT2D eigenvalue weighted by atomic mass is 10.2. The predicted molar refractivity (Wildman–Crippen MR) is 85.8 cm³/mol. The number of thiazole rings is 1. The monoisotopic (exact) mass is 305 g/mol. The van der Waals surface area contributed by atoms with Crippen LogP contribution in [-0.4, -0.2) is 24.5 Å². The molecule has 1 aromatic carbocycles. The van der Waals surface area contributed by atoms with Gasteiger partial charge in [-0.3, -0.25) is 4.79 Å². The fraction of sp³-hybridized carbons (Fsp3) is 0.333. The van der Waals surface area contributed by atoms with E-state index in [1.165, 1.54) is 11.3 Å². The molecule has 21 heavy (non-hydrogen) atoms. The van der Waals surface area contributed by atoms with E-state index in [1.54, 1.807) is 12.5 Å². The topological polar surface area (TPSA) is 63.2 Å². The molecule has 0 aliphatic carbocycles. The van der Waals surface area contributed by atoms with Gasteiger partial charge in [-0.25, -0.2) is 4.98 Å². The van der Waals surface area contributed by atoms with Crippen molar-refractivity contribution in [3.8, 4) is 5.75 Å². The number of hydrogen-bond donors (Lipinski definition) is 2. The number of anilines is 2. The summed E-state index contributed by atoms with van der Waals surface area (Å²) in [6.07, 6.45) is 0.904. The number of carbonyl (C=O) groups is 1. The first-order chi connectivity index (χ1) is 10.1. The van der Waals surface area contributed by atoms with Gasteiger partial charge in [0.05, 0.1) is 12.8 Å². The van der Waals surface area contributed by atoms with Crippen LogP contribution in [0.2, 0.25) is 0 Å². The summed E-state index contributed by atoms with van der Waals surface area (Å²) in [5, 5.41) is 8.42. The molecule has 0 saturated heterocycles. The quantitative estimate of drug-likeness (QED) is 0.859. The SMILES string of the molecule is CCCNC(=O)c1csc(Nc2cc(C)ccc2OC)n1. The van der Waals surface area contributed by atoms with E-state index in [0.717, 1.165) is 23.4 Å². The molecular weight excluding hydrogens is 286 g/mol. The lowest BCUT2D eigenvalue weighted by molar-refractivity contribution is 0.0949. The maximum Gasteiger partial charge on any atom is 0.270 e. The molecule has 2 N–H and O–H groups in total. The average molecular weight is 305 g/mol. The minimum absolute atomic E-state index is 0.141. The van der Waals surface area contributed by atoms with E-state index in [0.29, 0.717) is 17.4 Å². The van der Waals surface area contributed by atoms with Crippen LogP contribution in [0.15, 0.2) is 23.6 Å². The third-order valence-corrected chi connectivity index (χ3v) is 3.63. The number of rotatable bonds is 6. The summed E-state index contributed by atoms with van der Waals surface area (Å²) in [5.74, 6) is 0.602. The van der Waals surface area contributed by atoms with Crippen molar-refractivity contribution in [1.29, 1.82) is 0 Å². The molecule has 112 valence electrons. The van der Waals surface area contributed by atoms with E-state index in [-0.39, 0.29) is 5.91 Å². The zero-order valence-electron chi connectivity index (χ0n) is 12.4. The van der Waals surface area contributed by atoms with E-state index in [9.17, 15) is 4.79 Å². The third-order valence-electron chi connectivity index (χ3n) is 2.87. The number of hydrogen-bond acceptors (Lipinski definition) is 5. The molecule has 0 fully saturated rings. The number of aryl methyl sites for hydroxylation is 1. The largest absolute Gasteiger partial charge is 0.495 e. The lowest BCUT2D eigenvalue weighted by Gasteiger charge is -2.09. The van der Waals surface area contributed by atoms with Crippen molar-refractivity contribution in [1.82, 2.24) is 10.3 Å². The molecule has 0 aliphatic rings. The van der Waals surface area contributed by atoms with Crippen LogP contribution in [0.25, 0.3) is 0 Å². The molecule has 6 heteroatoms. The highest BCUT2D eigenvalue weighted by atomic mass is 32.1. The highest BCUT2D eigenvalue weighted by molar-refractivity contribution is 7.14. The Labute approximate surface area is 128 Å². The molecule has 0 atom stereocenters. The first-order valence-electron chi connectivity index (χ1n) is 6.79. The fourth-order valence-corrected chi connectivity index (χ4v) is 2.50.